The van der Waals surface area contributed by atoms with Crippen LogP contribution in [0.25, 0.3) is 5.70 Å². The van der Waals surface area contributed by atoms with E-state index in [9.17, 15) is 0 Å². The highest BCUT2D eigenvalue weighted by Crippen LogP contribution is 2.16. The number of aliphatic imine (C=N–C) groups is 1. The Kier molecular flexibility index (Phi) is 1.52. The molecule has 0 atom stereocenters. The van der Waals surface area contributed by atoms with Crippen molar-refractivity contribution in [1.29, 1.82) is 0 Å². The fourth-order valence-electron chi connectivity index (χ4n) is 1.05. The molecule has 2 heteroatoms. The summed E-state index contributed by atoms with van der Waals surface area (Å²) in [6, 6.07) is 5.84. The second-order valence-electron chi connectivity index (χ2n) is 2.35. The molecule has 1 aliphatic heterocycles. The van der Waals surface area contributed by atoms with Gasteiger partial charge in [0, 0.05) is 18.8 Å². The molecule has 2 heterocycles. The second-order valence-corrected chi connectivity index (χ2v) is 2.35. The van der Waals surface area contributed by atoms with E-state index in [2.05, 4.69) is 16.1 Å². The minimum Gasteiger partial charge on any atom is -0.259 e. The molecule has 1 aromatic heterocycles. The summed E-state index contributed by atoms with van der Waals surface area (Å²) < 4.78 is 0. The molecule has 1 aliphatic rings. The van der Waals surface area contributed by atoms with Crippen LogP contribution in [-0.2, 0) is 0 Å². The van der Waals surface area contributed by atoms with Gasteiger partial charge in [0.15, 0.2) is 0 Å². The van der Waals surface area contributed by atoms with Crippen molar-refractivity contribution in [3.63, 3.8) is 0 Å². The van der Waals surface area contributed by atoms with Crippen molar-refractivity contribution in [3.05, 3.63) is 36.2 Å². The number of hydrogen-bond donors (Lipinski definition) is 0. The van der Waals surface area contributed by atoms with Crippen LogP contribution >= 0.6 is 0 Å². The zero-order valence-electron chi connectivity index (χ0n) is 6.07. The van der Waals surface area contributed by atoms with Crippen LogP contribution in [0.4, 0.5) is 0 Å². The first-order valence-corrected chi connectivity index (χ1v) is 3.61. The molecular formula is C9H8N2. The lowest BCUT2D eigenvalue weighted by molar-refractivity contribution is 1.26. The molecule has 0 fully saturated rings. The topological polar surface area (TPSA) is 25.2 Å². The van der Waals surface area contributed by atoms with E-state index in [-0.39, 0.29) is 0 Å². The highest BCUT2D eigenvalue weighted by molar-refractivity contribution is 5.79. The molecule has 11 heavy (non-hydrogen) atoms. The first-order valence-electron chi connectivity index (χ1n) is 3.61. The predicted molar refractivity (Wildman–Crippen MR) is 45.3 cm³/mol. The van der Waals surface area contributed by atoms with E-state index >= 15 is 0 Å². The summed E-state index contributed by atoms with van der Waals surface area (Å²) in [4.78, 5) is 8.36. The number of pyridine rings is 1. The van der Waals surface area contributed by atoms with Gasteiger partial charge in [-0.2, -0.15) is 0 Å². The predicted octanol–water partition coefficient (Wildman–Crippen LogP) is 1.90. The highest BCUT2D eigenvalue weighted by Gasteiger charge is 2.01. The maximum Gasteiger partial charge on any atom is 0.0882 e. The molecule has 0 saturated carbocycles. The van der Waals surface area contributed by atoms with Crippen LogP contribution in [0.5, 0.6) is 0 Å². The van der Waals surface area contributed by atoms with Crippen molar-refractivity contribution in [2.24, 2.45) is 4.99 Å². The Balaban J connectivity index is 2.37. The average Bonchev–Trinajstić information content (AvgIpc) is 2.58. The van der Waals surface area contributed by atoms with E-state index in [4.69, 9.17) is 0 Å². The highest BCUT2D eigenvalue weighted by atomic mass is 14.8. The lowest BCUT2D eigenvalue weighted by Crippen LogP contribution is -1.81. The number of rotatable bonds is 1. The molecule has 0 amide bonds. The Labute approximate surface area is 65.3 Å². The molecule has 2 nitrogen and oxygen atoms in total. The van der Waals surface area contributed by atoms with Gasteiger partial charge in [-0.25, -0.2) is 0 Å². The summed E-state index contributed by atoms with van der Waals surface area (Å²) in [6.07, 6.45) is 6.68. The second kappa shape index (κ2) is 2.66. The van der Waals surface area contributed by atoms with Crippen molar-refractivity contribution in [2.45, 2.75) is 6.42 Å². The largest absolute Gasteiger partial charge is 0.259 e. The summed E-state index contributed by atoms with van der Waals surface area (Å²) in [5.41, 5.74) is 1.95. The first kappa shape index (κ1) is 6.28. The van der Waals surface area contributed by atoms with Crippen LogP contribution in [0.2, 0.25) is 0 Å². The molecule has 2 rings (SSSR count). The van der Waals surface area contributed by atoms with Crippen LogP contribution in [0, 0.1) is 0 Å². The van der Waals surface area contributed by atoms with E-state index in [1.807, 2.05) is 24.4 Å². The third kappa shape index (κ3) is 1.19. The zero-order valence-corrected chi connectivity index (χ0v) is 6.07. The smallest absolute Gasteiger partial charge is 0.0882 e. The van der Waals surface area contributed by atoms with Crippen molar-refractivity contribution in [2.75, 3.05) is 0 Å². The maximum absolute atomic E-state index is 4.18. The Hall–Kier alpha value is -1.44. The van der Waals surface area contributed by atoms with E-state index in [0.717, 1.165) is 17.8 Å². The normalized spacial score (nSPS) is 15.1. The van der Waals surface area contributed by atoms with Crippen LogP contribution in [0.15, 0.2) is 35.5 Å². The third-order valence-corrected chi connectivity index (χ3v) is 1.57. The summed E-state index contributed by atoms with van der Waals surface area (Å²) in [5, 5.41) is 0. The quantitative estimate of drug-likeness (QED) is 0.591. The minimum absolute atomic E-state index is 0.936. The fraction of sp³-hybridized carbons (Fsp3) is 0.111. The summed E-state index contributed by atoms with van der Waals surface area (Å²) in [5.74, 6) is 0. The van der Waals surface area contributed by atoms with Gasteiger partial charge in [0.1, 0.15) is 0 Å². The zero-order chi connectivity index (χ0) is 7.52. The van der Waals surface area contributed by atoms with Crippen molar-refractivity contribution < 1.29 is 0 Å². The van der Waals surface area contributed by atoms with Crippen molar-refractivity contribution in [3.8, 4) is 0 Å². The molecule has 0 N–H and O–H groups in total. The number of nitrogens with zero attached hydrogens (tertiary/aromatic N) is 2. The number of allylic oxidation sites excluding steroid dienone is 1. The third-order valence-electron chi connectivity index (χ3n) is 1.57. The molecule has 0 radical (unpaired) electrons. The summed E-state index contributed by atoms with van der Waals surface area (Å²) in [7, 11) is 0. The lowest BCUT2D eigenvalue weighted by Gasteiger charge is -1.94. The van der Waals surface area contributed by atoms with Gasteiger partial charge >= 0.3 is 0 Å². The molecule has 54 valence electrons. The van der Waals surface area contributed by atoms with Crippen molar-refractivity contribution >= 4 is 11.9 Å². The Morgan fingerprint density at radius 1 is 1.27 bits per heavy atom. The van der Waals surface area contributed by atoms with Gasteiger partial charge < -0.3 is 0 Å². The molecule has 0 spiro atoms. The molecule has 0 aromatic carbocycles. The van der Waals surface area contributed by atoms with Crippen LogP contribution in [0.1, 0.15) is 12.1 Å². The maximum atomic E-state index is 4.18. The molecule has 0 saturated heterocycles. The fourth-order valence-corrected chi connectivity index (χ4v) is 1.05. The molecule has 0 aliphatic carbocycles. The SMILES string of the molecule is C1=NC(c2ccccn2)=CC1. The number of hydrogen-bond acceptors (Lipinski definition) is 2. The van der Waals surface area contributed by atoms with Gasteiger partial charge in [-0.1, -0.05) is 12.1 Å². The van der Waals surface area contributed by atoms with Gasteiger partial charge in [0.2, 0.25) is 0 Å². The number of aromatic nitrogens is 1. The van der Waals surface area contributed by atoms with E-state index in [1.165, 1.54) is 0 Å². The van der Waals surface area contributed by atoms with E-state index < -0.39 is 0 Å². The van der Waals surface area contributed by atoms with Crippen LogP contribution < -0.4 is 0 Å². The van der Waals surface area contributed by atoms with Crippen LogP contribution in [-0.4, -0.2) is 11.2 Å². The monoisotopic (exact) mass is 144 g/mol. The molecule has 0 bridgehead atoms. The van der Waals surface area contributed by atoms with Gasteiger partial charge in [0.25, 0.3) is 0 Å². The molecular weight excluding hydrogens is 136 g/mol. The van der Waals surface area contributed by atoms with Gasteiger partial charge in [-0.15, -0.1) is 0 Å². The standard InChI is InChI=1S/C9H8N2/c1-2-6-10-8(4-1)9-5-3-7-11-9/h1-2,4-7H,3H2. The first-order chi connectivity index (χ1) is 5.47. The Bertz CT molecular complexity index is 299. The lowest BCUT2D eigenvalue weighted by atomic mass is 10.3. The molecule has 0 unspecified atom stereocenters. The van der Waals surface area contributed by atoms with Gasteiger partial charge in [0.05, 0.1) is 11.4 Å². The van der Waals surface area contributed by atoms with E-state index in [1.54, 1.807) is 6.20 Å². The minimum atomic E-state index is 0.936. The van der Waals surface area contributed by atoms with Gasteiger partial charge in [-0.05, 0) is 12.1 Å². The summed E-state index contributed by atoms with van der Waals surface area (Å²) >= 11 is 0. The van der Waals surface area contributed by atoms with Crippen LogP contribution in [0.3, 0.4) is 0 Å². The Morgan fingerprint density at radius 3 is 2.91 bits per heavy atom. The Morgan fingerprint density at radius 2 is 2.27 bits per heavy atom. The average molecular weight is 144 g/mol. The summed E-state index contributed by atoms with van der Waals surface area (Å²) in [6.45, 7) is 0. The van der Waals surface area contributed by atoms with Crippen molar-refractivity contribution in [1.82, 2.24) is 4.98 Å². The van der Waals surface area contributed by atoms with Gasteiger partial charge in [-0.3, -0.25) is 9.98 Å². The molecule has 1 aromatic rings. The van der Waals surface area contributed by atoms with E-state index in [0.29, 0.717) is 0 Å².